The second-order valence-corrected chi connectivity index (χ2v) is 6.26. The number of nitrogens with two attached hydrogens (primary N) is 1. The Balaban J connectivity index is 1.71. The Bertz CT molecular complexity index is 628. The molecule has 1 aliphatic rings. The SMILES string of the molecule is CCC1CN(c2cc(Cl)nc(N)n2)CCN1Cc1ccccc1. The Hall–Kier alpha value is -1.85. The Labute approximate surface area is 142 Å². The highest BCUT2D eigenvalue weighted by Crippen LogP contribution is 2.23. The van der Waals surface area contributed by atoms with Crippen LogP contribution in [0.25, 0.3) is 0 Å². The van der Waals surface area contributed by atoms with Gasteiger partial charge in [-0.05, 0) is 12.0 Å². The van der Waals surface area contributed by atoms with Gasteiger partial charge in [-0.3, -0.25) is 4.90 Å². The van der Waals surface area contributed by atoms with Crippen LogP contribution in [-0.4, -0.2) is 40.5 Å². The predicted molar refractivity (Wildman–Crippen MR) is 94.6 cm³/mol. The summed E-state index contributed by atoms with van der Waals surface area (Å²) in [5, 5.41) is 0.396. The summed E-state index contributed by atoms with van der Waals surface area (Å²) < 4.78 is 0. The van der Waals surface area contributed by atoms with E-state index in [0.717, 1.165) is 38.4 Å². The smallest absolute Gasteiger partial charge is 0.223 e. The quantitative estimate of drug-likeness (QED) is 0.873. The lowest BCUT2D eigenvalue weighted by atomic mass is 10.1. The zero-order valence-electron chi connectivity index (χ0n) is 13.3. The topological polar surface area (TPSA) is 58.3 Å². The monoisotopic (exact) mass is 331 g/mol. The normalized spacial score (nSPS) is 19.0. The molecule has 2 aromatic rings. The van der Waals surface area contributed by atoms with Crippen molar-refractivity contribution in [3.63, 3.8) is 0 Å². The van der Waals surface area contributed by atoms with E-state index in [-0.39, 0.29) is 5.95 Å². The van der Waals surface area contributed by atoms with Gasteiger partial charge in [0.15, 0.2) is 0 Å². The van der Waals surface area contributed by atoms with Crippen molar-refractivity contribution in [2.24, 2.45) is 0 Å². The van der Waals surface area contributed by atoms with E-state index in [0.29, 0.717) is 11.2 Å². The molecule has 1 aromatic heterocycles. The van der Waals surface area contributed by atoms with Crippen molar-refractivity contribution in [1.82, 2.24) is 14.9 Å². The molecule has 0 bridgehead atoms. The van der Waals surface area contributed by atoms with Gasteiger partial charge in [-0.25, -0.2) is 4.98 Å². The van der Waals surface area contributed by atoms with E-state index in [2.05, 4.69) is 57.0 Å². The number of rotatable bonds is 4. The number of halogens is 1. The van der Waals surface area contributed by atoms with E-state index in [1.54, 1.807) is 6.07 Å². The molecule has 1 fully saturated rings. The van der Waals surface area contributed by atoms with Crippen molar-refractivity contribution in [3.8, 4) is 0 Å². The van der Waals surface area contributed by atoms with E-state index in [9.17, 15) is 0 Å². The largest absolute Gasteiger partial charge is 0.368 e. The zero-order chi connectivity index (χ0) is 16.2. The molecule has 122 valence electrons. The zero-order valence-corrected chi connectivity index (χ0v) is 14.1. The standard InChI is InChI=1S/C17H22ClN5/c1-2-14-12-23(16-10-15(18)20-17(19)21-16)9-8-22(14)11-13-6-4-3-5-7-13/h3-7,10,14H,2,8-9,11-12H2,1H3,(H2,19,20,21). The fourth-order valence-corrected chi connectivity index (χ4v) is 3.28. The molecule has 1 aromatic carbocycles. The molecule has 0 radical (unpaired) electrons. The third-order valence-electron chi connectivity index (χ3n) is 4.33. The third kappa shape index (κ3) is 3.92. The molecule has 1 saturated heterocycles. The third-order valence-corrected chi connectivity index (χ3v) is 4.52. The Morgan fingerprint density at radius 3 is 2.70 bits per heavy atom. The molecule has 2 heterocycles. The molecule has 1 atom stereocenters. The van der Waals surface area contributed by atoms with Crippen LogP contribution < -0.4 is 10.6 Å². The molecule has 0 amide bonds. The van der Waals surface area contributed by atoms with Crippen molar-refractivity contribution in [1.29, 1.82) is 0 Å². The fourth-order valence-electron chi connectivity index (χ4n) is 3.10. The second kappa shape index (κ2) is 7.15. The minimum Gasteiger partial charge on any atom is -0.368 e. The molecule has 5 nitrogen and oxygen atoms in total. The predicted octanol–water partition coefficient (Wildman–Crippen LogP) is 2.81. The van der Waals surface area contributed by atoms with Crippen LogP contribution in [0, 0.1) is 0 Å². The van der Waals surface area contributed by atoms with Crippen LogP contribution in [0.2, 0.25) is 5.15 Å². The number of hydrogen-bond acceptors (Lipinski definition) is 5. The van der Waals surface area contributed by atoms with Crippen LogP contribution in [-0.2, 0) is 6.54 Å². The van der Waals surface area contributed by atoms with Crippen LogP contribution in [0.15, 0.2) is 36.4 Å². The van der Waals surface area contributed by atoms with Gasteiger partial charge >= 0.3 is 0 Å². The summed E-state index contributed by atoms with van der Waals surface area (Å²) in [6, 6.07) is 12.9. The number of nitrogens with zero attached hydrogens (tertiary/aromatic N) is 4. The molecule has 3 rings (SSSR count). The van der Waals surface area contributed by atoms with Crippen molar-refractivity contribution in [2.75, 3.05) is 30.3 Å². The van der Waals surface area contributed by atoms with Gasteiger partial charge in [0.2, 0.25) is 5.95 Å². The van der Waals surface area contributed by atoms with Crippen LogP contribution in [0.1, 0.15) is 18.9 Å². The summed E-state index contributed by atoms with van der Waals surface area (Å²) >= 11 is 6.01. The summed E-state index contributed by atoms with van der Waals surface area (Å²) in [7, 11) is 0. The Morgan fingerprint density at radius 2 is 2.00 bits per heavy atom. The minimum atomic E-state index is 0.229. The van der Waals surface area contributed by atoms with E-state index >= 15 is 0 Å². The number of aromatic nitrogens is 2. The van der Waals surface area contributed by atoms with Crippen molar-refractivity contribution in [3.05, 3.63) is 47.1 Å². The minimum absolute atomic E-state index is 0.229. The van der Waals surface area contributed by atoms with E-state index < -0.39 is 0 Å². The summed E-state index contributed by atoms with van der Waals surface area (Å²) in [6.07, 6.45) is 1.09. The molecule has 1 unspecified atom stereocenters. The van der Waals surface area contributed by atoms with Gasteiger partial charge in [0.1, 0.15) is 11.0 Å². The summed E-state index contributed by atoms with van der Waals surface area (Å²) in [6.45, 7) is 6.05. The average Bonchev–Trinajstić information content (AvgIpc) is 2.55. The summed E-state index contributed by atoms with van der Waals surface area (Å²) in [5.74, 6) is 1.05. The molecule has 0 aliphatic carbocycles. The average molecular weight is 332 g/mol. The first-order chi connectivity index (χ1) is 11.2. The van der Waals surface area contributed by atoms with Gasteiger partial charge < -0.3 is 10.6 Å². The lowest BCUT2D eigenvalue weighted by Gasteiger charge is -2.41. The maximum Gasteiger partial charge on any atom is 0.223 e. The maximum absolute atomic E-state index is 6.01. The molecule has 0 spiro atoms. The van der Waals surface area contributed by atoms with Crippen molar-refractivity contribution >= 4 is 23.4 Å². The summed E-state index contributed by atoms with van der Waals surface area (Å²) in [5.41, 5.74) is 7.07. The molecule has 23 heavy (non-hydrogen) atoms. The number of nitrogen functional groups attached to an aromatic ring is 1. The van der Waals surface area contributed by atoms with Gasteiger partial charge in [0, 0.05) is 38.3 Å². The van der Waals surface area contributed by atoms with E-state index in [1.807, 2.05) is 0 Å². The molecule has 6 heteroatoms. The lowest BCUT2D eigenvalue weighted by molar-refractivity contribution is 0.163. The van der Waals surface area contributed by atoms with Gasteiger partial charge in [0.05, 0.1) is 0 Å². The van der Waals surface area contributed by atoms with E-state index in [1.165, 1.54) is 5.56 Å². The highest BCUT2D eigenvalue weighted by Gasteiger charge is 2.26. The van der Waals surface area contributed by atoms with Crippen LogP contribution >= 0.6 is 11.6 Å². The molecular formula is C17H22ClN5. The Morgan fingerprint density at radius 1 is 1.22 bits per heavy atom. The summed E-state index contributed by atoms with van der Waals surface area (Å²) in [4.78, 5) is 13.0. The molecule has 2 N–H and O–H groups in total. The molecule has 1 aliphatic heterocycles. The lowest BCUT2D eigenvalue weighted by Crippen LogP contribution is -2.52. The van der Waals surface area contributed by atoms with Crippen molar-refractivity contribution in [2.45, 2.75) is 25.9 Å². The van der Waals surface area contributed by atoms with Crippen LogP contribution in [0.3, 0.4) is 0 Å². The Kier molecular flexibility index (Phi) is 4.98. The van der Waals surface area contributed by atoms with Gasteiger partial charge in [0.25, 0.3) is 0 Å². The first-order valence-electron chi connectivity index (χ1n) is 7.98. The number of piperazine rings is 1. The van der Waals surface area contributed by atoms with Gasteiger partial charge in [-0.2, -0.15) is 4.98 Å². The van der Waals surface area contributed by atoms with Gasteiger partial charge in [-0.15, -0.1) is 0 Å². The molecule has 0 saturated carbocycles. The molecular weight excluding hydrogens is 310 g/mol. The fraction of sp³-hybridized carbons (Fsp3) is 0.412. The van der Waals surface area contributed by atoms with Crippen molar-refractivity contribution < 1.29 is 0 Å². The first-order valence-corrected chi connectivity index (χ1v) is 8.36. The van der Waals surface area contributed by atoms with Gasteiger partial charge in [-0.1, -0.05) is 48.9 Å². The maximum atomic E-state index is 6.01. The van der Waals surface area contributed by atoms with E-state index in [4.69, 9.17) is 17.3 Å². The highest BCUT2D eigenvalue weighted by molar-refractivity contribution is 6.29. The second-order valence-electron chi connectivity index (χ2n) is 5.87. The number of anilines is 2. The van der Waals surface area contributed by atoms with Crippen LogP contribution in [0.5, 0.6) is 0 Å². The van der Waals surface area contributed by atoms with Crippen LogP contribution in [0.4, 0.5) is 11.8 Å². The highest BCUT2D eigenvalue weighted by atomic mass is 35.5. The first kappa shape index (κ1) is 16.0. The number of benzene rings is 1. The number of hydrogen-bond donors (Lipinski definition) is 1.